The number of carbonyl (C=O) groups is 1. The Bertz CT molecular complexity index is 916. The molecule has 2 heterocycles. The number of carbonyl (C=O) groups excluding carboxylic acids is 1. The minimum Gasteiger partial charge on any atom is -0.335 e. The first-order chi connectivity index (χ1) is 12.8. The van der Waals surface area contributed by atoms with Gasteiger partial charge in [0.05, 0.1) is 17.1 Å². The second-order valence-corrected chi connectivity index (χ2v) is 9.59. The largest absolute Gasteiger partial charge is 0.335 e. The van der Waals surface area contributed by atoms with Gasteiger partial charge >= 0.3 is 0 Å². The number of sulfone groups is 1. The summed E-state index contributed by atoms with van der Waals surface area (Å²) in [7, 11) is -3.04. The monoisotopic (exact) mass is 388 g/mol. The molecule has 1 unspecified atom stereocenters. The van der Waals surface area contributed by atoms with Crippen molar-refractivity contribution >= 4 is 15.7 Å². The molecule has 3 rings (SSSR count). The van der Waals surface area contributed by atoms with Crippen LogP contribution >= 0.6 is 0 Å². The molecule has 0 saturated carbocycles. The molecule has 1 aliphatic heterocycles. The van der Waals surface area contributed by atoms with Crippen LogP contribution in [0, 0.1) is 13.8 Å². The Balaban J connectivity index is 1.95. The van der Waals surface area contributed by atoms with Crippen molar-refractivity contribution in [3.63, 3.8) is 0 Å². The van der Waals surface area contributed by atoms with E-state index in [1.54, 1.807) is 4.90 Å². The fraction of sp³-hybridized carbons (Fsp3) is 0.476. The Morgan fingerprint density at radius 1 is 1.22 bits per heavy atom. The van der Waals surface area contributed by atoms with Crippen LogP contribution in [0.15, 0.2) is 36.4 Å². The first-order valence-corrected chi connectivity index (χ1v) is 11.4. The van der Waals surface area contributed by atoms with Crippen LogP contribution in [0.1, 0.15) is 47.9 Å². The van der Waals surface area contributed by atoms with Crippen molar-refractivity contribution in [1.29, 1.82) is 0 Å². The van der Waals surface area contributed by atoms with E-state index in [0.29, 0.717) is 18.5 Å². The number of amides is 1. The standard InChI is InChI=1S/C21H28N2O3S/c1-4-5-12-22(19-11-13-27(25,26)15-19)21(24)20-14-16(2)23(17(20)3)18-9-7-6-8-10-18/h6-10,14,19H,4-5,11-13,15H2,1-3H3. The molecule has 1 aliphatic rings. The summed E-state index contributed by atoms with van der Waals surface area (Å²) in [5.41, 5.74) is 3.58. The normalized spacial score (nSPS) is 18.6. The smallest absolute Gasteiger partial charge is 0.255 e. The van der Waals surface area contributed by atoms with Gasteiger partial charge < -0.3 is 9.47 Å². The van der Waals surface area contributed by atoms with Crippen LogP contribution in [-0.2, 0) is 9.84 Å². The quantitative estimate of drug-likeness (QED) is 0.761. The van der Waals surface area contributed by atoms with Gasteiger partial charge in [-0.25, -0.2) is 8.42 Å². The zero-order valence-corrected chi connectivity index (χ0v) is 17.1. The highest BCUT2D eigenvalue weighted by atomic mass is 32.2. The van der Waals surface area contributed by atoms with Gasteiger partial charge in [-0.15, -0.1) is 0 Å². The Morgan fingerprint density at radius 3 is 2.52 bits per heavy atom. The number of hydrogen-bond acceptors (Lipinski definition) is 3. The third kappa shape index (κ3) is 4.10. The van der Waals surface area contributed by atoms with E-state index >= 15 is 0 Å². The molecular weight excluding hydrogens is 360 g/mol. The van der Waals surface area contributed by atoms with Crippen molar-refractivity contribution < 1.29 is 13.2 Å². The highest BCUT2D eigenvalue weighted by Gasteiger charge is 2.35. The van der Waals surface area contributed by atoms with E-state index in [2.05, 4.69) is 11.5 Å². The van der Waals surface area contributed by atoms with Gasteiger partial charge in [0.15, 0.2) is 9.84 Å². The van der Waals surface area contributed by atoms with E-state index in [0.717, 1.165) is 29.9 Å². The van der Waals surface area contributed by atoms with E-state index in [4.69, 9.17) is 0 Å². The average Bonchev–Trinajstić information content (AvgIpc) is 3.14. The Labute approximate surface area is 161 Å². The molecule has 5 nitrogen and oxygen atoms in total. The molecule has 1 atom stereocenters. The maximum Gasteiger partial charge on any atom is 0.255 e. The molecule has 1 aromatic carbocycles. The Kier molecular flexibility index (Phi) is 5.75. The fourth-order valence-corrected chi connectivity index (χ4v) is 5.64. The van der Waals surface area contributed by atoms with E-state index < -0.39 is 9.84 Å². The van der Waals surface area contributed by atoms with E-state index in [1.807, 2.05) is 50.2 Å². The van der Waals surface area contributed by atoms with Crippen molar-refractivity contribution in [2.75, 3.05) is 18.1 Å². The van der Waals surface area contributed by atoms with Gasteiger partial charge in [0.2, 0.25) is 0 Å². The van der Waals surface area contributed by atoms with Crippen LogP contribution < -0.4 is 0 Å². The maximum atomic E-state index is 13.4. The summed E-state index contributed by atoms with van der Waals surface area (Å²) in [6.45, 7) is 6.63. The number of benzene rings is 1. The predicted molar refractivity (Wildman–Crippen MR) is 108 cm³/mol. The summed E-state index contributed by atoms with van der Waals surface area (Å²) in [5, 5.41) is 0. The van der Waals surface area contributed by atoms with Crippen molar-refractivity contribution in [1.82, 2.24) is 9.47 Å². The van der Waals surface area contributed by atoms with Crippen LogP contribution in [0.5, 0.6) is 0 Å². The third-order valence-corrected chi connectivity index (χ3v) is 7.09. The molecule has 146 valence electrons. The first kappa shape index (κ1) is 19.7. The number of hydrogen-bond donors (Lipinski definition) is 0. The number of rotatable bonds is 6. The second-order valence-electron chi connectivity index (χ2n) is 7.36. The highest BCUT2D eigenvalue weighted by molar-refractivity contribution is 7.91. The summed E-state index contributed by atoms with van der Waals surface area (Å²) >= 11 is 0. The third-order valence-electron chi connectivity index (χ3n) is 5.34. The highest BCUT2D eigenvalue weighted by Crippen LogP contribution is 2.25. The topological polar surface area (TPSA) is 59.4 Å². The van der Waals surface area contributed by atoms with Crippen LogP contribution in [0.4, 0.5) is 0 Å². The number of nitrogens with zero attached hydrogens (tertiary/aromatic N) is 2. The molecule has 0 aliphatic carbocycles. The average molecular weight is 389 g/mol. The zero-order valence-electron chi connectivity index (χ0n) is 16.3. The predicted octanol–water partition coefficient (Wildman–Crippen LogP) is 3.52. The lowest BCUT2D eigenvalue weighted by molar-refractivity contribution is 0.0693. The number of para-hydroxylation sites is 1. The van der Waals surface area contributed by atoms with Gasteiger partial charge in [0, 0.05) is 29.7 Å². The van der Waals surface area contributed by atoms with Gasteiger partial charge in [-0.3, -0.25) is 4.79 Å². The number of unbranched alkanes of at least 4 members (excludes halogenated alkanes) is 1. The summed E-state index contributed by atoms with van der Waals surface area (Å²) < 4.78 is 26.0. The van der Waals surface area contributed by atoms with E-state index in [9.17, 15) is 13.2 Å². The van der Waals surface area contributed by atoms with Crippen molar-refractivity contribution in [3.05, 3.63) is 53.3 Å². The molecule has 1 aromatic heterocycles. The number of aryl methyl sites for hydroxylation is 1. The van der Waals surface area contributed by atoms with Crippen LogP contribution in [0.3, 0.4) is 0 Å². The Hall–Kier alpha value is -2.08. The molecule has 1 amide bonds. The molecule has 0 bridgehead atoms. The van der Waals surface area contributed by atoms with Crippen molar-refractivity contribution in [2.45, 2.75) is 46.1 Å². The molecule has 0 radical (unpaired) electrons. The van der Waals surface area contributed by atoms with Crippen LogP contribution in [-0.4, -0.2) is 47.9 Å². The maximum absolute atomic E-state index is 13.4. The van der Waals surface area contributed by atoms with Gasteiger partial charge in [-0.1, -0.05) is 31.5 Å². The minimum atomic E-state index is -3.04. The van der Waals surface area contributed by atoms with Crippen molar-refractivity contribution in [3.8, 4) is 5.69 Å². The lowest BCUT2D eigenvalue weighted by atomic mass is 10.1. The molecule has 1 saturated heterocycles. The van der Waals surface area contributed by atoms with E-state index in [1.165, 1.54) is 0 Å². The molecule has 0 spiro atoms. The summed E-state index contributed by atoms with van der Waals surface area (Å²) in [6, 6.07) is 11.7. The Morgan fingerprint density at radius 2 is 1.93 bits per heavy atom. The molecule has 1 fully saturated rings. The van der Waals surface area contributed by atoms with E-state index in [-0.39, 0.29) is 23.5 Å². The van der Waals surface area contributed by atoms with Crippen LogP contribution in [0.25, 0.3) is 5.69 Å². The second kappa shape index (κ2) is 7.89. The summed E-state index contributed by atoms with van der Waals surface area (Å²) in [6.07, 6.45) is 2.38. The molecule has 2 aromatic rings. The zero-order chi connectivity index (χ0) is 19.6. The van der Waals surface area contributed by atoms with Gasteiger partial charge in [-0.2, -0.15) is 0 Å². The first-order valence-electron chi connectivity index (χ1n) is 9.60. The van der Waals surface area contributed by atoms with Gasteiger partial charge in [0.1, 0.15) is 0 Å². The lowest BCUT2D eigenvalue weighted by Crippen LogP contribution is -2.42. The summed E-state index contributed by atoms with van der Waals surface area (Å²) in [4.78, 5) is 15.2. The molecule has 27 heavy (non-hydrogen) atoms. The van der Waals surface area contributed by atoms with Gasteiger partial charge in [0.25, 0.3) is 5.91 Å². The number of aromatic nitrogens is 1. The molecular formula is C21H28N2O3S. The van der Waals surface area contributed by atoms with Crippen LogP contribution in [0.2, 0.25) is 0 Å². The fourth-order valence-electron chi connectivity index (χ4n) is 3.91. The minimum absolute atomic E-state index is 0.0548. The van der Waals surface area contributed by atoms with Crippen molar-refractivity contribution in [2.24, 2.45) is 0 Å². The molecule has 0 N–H and O–H groups in total. The van der Waals surface area contributed by atoms with Gasteiger partial charge in [-0.05, 0) is 44.9 Å². The molecule has 6 heteroatoms. The lowest BCUT2D eigenvalue weighted by Gasteiger charge is -2.28. The summed E-state index contributed by atoms with van der Waals surface area (Å²) in [5.74, 6) is 0.206. The SMILES string of the molecule is CCCCN(C(=O)c1cc(C)n(-c2ccccc2)c1C)C1CCS(=O)(=O)C1.